The molecule has 0 saturated carbocycles. The molecule has 0 saturated heterocycles. The number of nitro groups is 1. The Morgan fingerprint density at radius 1 is 1.07 bits per heavy atom. The van der Waals surface area contributed by atoms with Crippen molar-refractivity contribution in [1.29, 1.82) is 0 Å². The number of anilines is 1. The summed E-state index contributed by atoms with van der Waals surface area (Å²) in [5.74, 6) is -0.722. The van der Waals surface area contributed by atoms with Gasteiger partial charge in [0.15, 0.2) is 0 Å². The van der Waals surface area contributed by atoms with Crippen LogP contribution in [0.25, 0.3) is 0 Å². The molecular formula is C23H22FN3O3. The zero-order valence-corrected chi connectivity index (χ0v) is 16.5. The van der Waals surface area contributed by atoms with Crippen molar-refractivity contribution in [2.75, 3.05) is 5.32 Å². The number of nitrogens with zero attached hydrogens (tertiary/aromatic N) is 1. The number of amides is 1. The van der Waals surface area contributed by atoms with Crippen LogP contribution < -0.4 is 10.6 Å². The molecule has 3 rings (SSSR count). The number of halogens is 1. The lowest BCUT2D eigenvalue weighted by molar-refractivity contribution is -0.384. The molecule has 0 radical (unpaired) electrons. The van der Waals surface area contributed by atoms with E-state index >= 15 is 0 Å². The van der Waals surface area contributed by atoms with Crippen LogP contribution in [0.5, 0.6) is 0 Å². The molecule has 30 heavy (non-hydrogen) atoms. The number of carbonyl (C=O) groups is 1. The van der Waals surface area contributed by atoms with E-state index in [9.17, 15) is 19.3 Å². The lowest BCUT2D eigenvalue weighted by atomic mass is 10.0. The third kappa shape index (κ3) is 5.20. The average Bonchev–Trinajstić information content (AvgIpc) is 2.77. The van der Waals surface area contributed by atoms with Crippen LogP contribution in [0.4, 0.5) is 15.8 Å². The maximum Gasteiger partial charge on any atom is 0.293 e. The standard InChI is InChI=1S/C23H22FN3O3/c1-2-20(17-6-4-3-5-7-17)26-23(28)18-10-13-21(22(14-18)27(29)30)25-15-16-8-11-19(24)12-9-16/h3-14,20,25H,2,15H2,1H3,(H,26,28). The number of nitro benzene ring substituents is 1. The molecule has 6 nitrogen and oxygen atoms in total. The second-order valence-corrected chi connectivity index (χ2v) is 6.81. The van der Waals surface area contributed by atoms with Gasteiger partial charge >= 0.3 is 0 Å². The van der Waals surface area contributed by atoms with Crippen LogP contribution in [0, 0.1) is 15.9 Å². The second kappa shape index (κ2) is 9.65. The van der Waals surface area contributed by atoms with Crippen LogP contribution in [0.15, 0.2) is 72.8 Å². The van der Waals surface area contributed by atoms with Gasteiger partial charge in [0.05, 0.1) is 11.0 Å². The SMILES string of the molecule is CCC(NC(=O)c1ccc(NCc2ccc(F)cc2)c([N+](=O)[O-])c1)c1ccccc1. The normalized spacial score (nSPS) is 11.5. The first-order valence-electron chi connectivity index (χ1n) is 9.60. The Balaban J connectivity index is 1.75. The highest BCUT2D eigenvalue weighted by Crippen LogP contribution is 2.27. The summed E-state index contributed by atoms with van der Waals surface area (Å²) in [7, 11) is 0. The van der Waals surface area contributed by atoms with E-state index in [2.05, 4.69) is 10.6 Å². The van der Waals surface area contributed by atoms with Gasteiger partial charge in [0.1, 0.15) is 11.5 Å². The van der Waals surface area contributed by atoms with Crippen LogP contribution in [-0.4, -0.2) is 10.8 Å². The van der Waals surface area contributed by atoms with Gasteiger partial charge in [-0.3, -0.25) is 14.9 Å². The minimum atomic E-state index is -0.529. The van der Waals surface area contributed by atoms with Crippen LogP contribution in [0.1, 0.15) is 40.9 Å². The van der Waals surface area contributed by atoms with Crippen molar-refractivity contribution < 1.29 is 14.1 Å². The molecule has 0 bridgehead atoms. The summed E-state index contributed by atoms with van der Waals surface area (Å²) >= 11 is 0. The minimum absolute atomic E-state index is 0.186. The molecule has 0 heterocycles. The fourth-order valence-corrected chi connectivity index (χ4v) is 3.12. The summed E-state index contributed by atoms with van der Waals surface area (Å²) in [6.45, 7) is 2.25. The van der Waals surface area contributed by atoms with Gasteiger partial charge < -0.3 is 10.6 Å². The summed E-state index contributed by atoms with van der Waals surface area (Å²) in [5, 5.41) is 17.4. The third-order valence-corrected chi connectivity index (χ3v) is 4.77. The van der Waals surface area contributed by atoms with Crippen molar-refractivity contribution in [3.8, 4) is 0 Å². The number of benzene rings is 3. The Kier molecular flexibility index (Phi) is 6.75. The van der Waals surface area contributed by atoms with E-state index in [1.807, 2.05) is 37.3 Å². The molecule has 0 fully saturated rings. The van der Waals surface area contributed by atoms with E-state index < -0.39 is 4.92 Å². The van der Waals surface area contributed by atoms with Gasteiger partial charge in [-0.05, 0) is 41.8 Å². The van der Waals surface area contributed by atoms with E-state index in [4.69, 9.17) is 0 Å². The van der Waals surface area contributed by atoms with Crippen molar-refractivity contribution in [3.05, 3.63) is 105 Å². The lowest BCUT2D eigenvalue weighted by Gasteiger charge is -2.17. The van der Waals surface area contributed by atoms with Gasteiger partial charge in [0, 0.05) is 18.2 Å². The molecule has 1 amide bonds. The second-order valence-electron chi connectivity index (χ2n) is 6.81. The minimum Gasteiger partial charge on any atom is -0.375 e. The van der Waals surface area contributed by atoms with Crippen molar-refractivity contribution in [2.45, 2.75) is 25.9 Å². The molecule has 0 spiro atoms. The monoisotopic (exact) mass is 407 g/mol. The molecule has 2 N–H and O–H groups in total. The third-order valence-electron chi connectivity index (χ3n) is 4.77. The Hall–Kier alpha value is -3.74. The van der Waals surface area contributed by atoms with E-state index in [1.54, 1.807) is 18.2 Å². The van der Waals surface area contributed by atoms with Gasteiger partial charge in [-0.15, -0.1) is 0 Å². The largest absolute Gasteiger partial charge is 0.375 e. The van der Waals surface area contributed by atoms with Crippen LogP contribution >= 0.6 is 0 Å². The van der Waals surface area contributed by atoms with E-state index in [-0.39, 0.29) is 34.7 Å². The summed E-state index contributed by atoms with van der Waals surface area (Å²) in [4.78, 5) is 23.7. The highest BCUT2D eigenvalue weighted by Gasteiger charge is 2.19. The molecule has 154 valence electrons. The number of carbonyl (C=O) groups excluding carboxylic acids is 1. The molecule has 1 atom stereocenters. The first-order valence-corrected chi connectivity index (χ1v) is 9.60. The zero-order chi connectivity index (χ0) is 21.5. The molecule has 1 unspecified atom stereocenters. The fourth-order valence-electron chi connectivity index (χ4n) is 3.12. The number of rotatable bonds is 8. The van der Waals surface area contributed by atoms with E-state index in [0.717, 1.165) is 11.1 Å². The summed E-state index contributed by atoms with van der Waals surface area (Å²) in [6, 6.07) is 19.6. The molecule has 3 aromatic rings. The van der Waals surface area contributed by atoms with Gasteiger partial charge in [0.2, 0.25) is 0 Å². The molecule has 3 aromatic carbocycles. The van der Waals surface area contributed by atoms with Crippen LogP contribution in [0.3, 0.4) is 0 Å². The Labute approximate surface area is 173 Å². The summed E-state index contributed by atoms with van der Waals surface area (Å²) in [6.07, 6.45) is 0.690. The van der Waals surface area contributed by atoms with Crippen molar-refractivity contribution in [3.63, 3.8) is 0 Å². The predicted molar refractivity (Wildman–Crippen MR) is 114 cm³/mol. The molecular weight excluding hydrogens is 385 g/mol. The maximum atomic E-state index is 13.0. The summed E-state index contributed by atoms with van der Waals surface area (Å²) < 4.78 is 13.0. The molecule has 0 aliphatic carbocycles. The molecule has 0 aliphatic rings. The highest BCUT2D eigenvalue weighted by molar-refractivity contribution is 5.96. The van der Waals surface area contributed by atoms with Gasteiger partial charge in [-0.2, -0.15) is 0 Å². The first kappa shape index (κ1) is 21.0. The van der Waals surface area contributed by atoms with Crippen molar-refractivity contribution >= 4 is 17.3 Å². The van der Waals surface area contributed by atoms with Gasteiger partial charge in [-0.1, -0.05) is 49.4 Å². The highest BCUT2D eigenvalue weighted by atomic mass is 19.1. The molecule has 0 aliphatic heterocycles. The zero-order valence-electron chi connectivity index (χ0n) is 16.5. The maximum absolute atomic E-state index is 13.0. The van der Waals surface area contributed by atoms with E-state index in [0.29, 0.717) is 13.0 Å². The summed E-state index contributed by atoms with van der Waals surface area (Å²) in [5.41, 5.74) is 2.05. The quantitative estimate of drug-likeness (QED) is 0.396. The Morgan fingerprint density at radius 3 is 2.40 bits per heavy atom. The average molecular weight is 407 g/mol. The lowest BCUT2D eigenvalue weighted by Crippen LogP contribution is -2.28. The predicted octanol–water partition coefficient (Wildman–Crippen LogP) is 5.23. The van der Waals surface area contributed by atoms with Crippen LogP contribution in [-0.2, 0) is 6.54 Å². The topological polar surface area (TPSA) is 84.3 Å². The van der Waals surface area contributed by atoms with Gasteiger partial charge in [0.25, 0.3) is 11.6 Å². The molecule has 7 heteroatoms. The smallest absolute Gasteiger partial charge is 0.293 e. The van der Waals surface area contributed by atoms with Crippen LogP contribution in [0.2, 0.25) is 0 Å². The van der Waals surface area contributed by atoms with E-state index in [1.165, 1.54) is 24.3 Å². The Bertz CT molecular complexity index is 1020. The van der Waals surface area contributed by atoms with Crippen molar-refractivity contribution in [2.24, 2.45) is 0 Å². The molecule has 0 aromatic heterocycles. The first-order chi connectivity index (χ1) is 14.5. The van der Waals surface area contributed by atoms with Gasteiger partial charge in [-0.25, -0.2) is 4.39 Å². The van der Waals surface area contributed by atoms with Crippen molar-refractivity contribution in [1.82, 2.24) is 5.32 Å². The Morgan fingerprint density at radius 2 is 1.77 bits per heavy atom. The number of hydrogen-bond acceptors (Lipinski definition) is 4. The number of nitrogens with one attached hydrogen (secondary N) is 2. The fraction of sp³-hybridized carbons (Fsp3) is 0.174. The number of hydrogen-bond donors (Lipinski definition) is 2.